The second kappa shape index (κ2) is 9.72. The molecule has 1 aliphatic rings. The number of rotatable bonds is 7. The van der Waals surface area contributed by atoms with E-state index in [0.717, 1.165) is 16.8 Å². The lowest BCUT2D eigenvalue weighted by Gasteiger charge is -2.27. The Hall–Kier alpha value is -3.88. The number of aromatic nitrogens is 2. The fourth-order valence-corrected chi connectivity index (χ4v) is 3.86. The first kappa shape index (κ1) is 22.3. The molecule has 0 fully saturated rings. The number of H-pyrrole nitrogens is 1. The van der Waals surface area contributed by atoms with Crippen molar-refractivity contribution in [1.82, 2.24) is 20.4 Å². The van der Waals surface area contributed by atoms with Crippen LogP contribution < -0.4 is 14.8 Å². The van der Waals surface area contributed by atoms with E-state index in [1.807, 2.05) is 0 Å². The molecule has 0 unspecified atom stereocenters. The Kier molecular flexibility index (Phi) is 6.58. The Labute approximate surface area is 190 Å². The highest BCUT2D eigenvalue weighted by Gasteiger charge is 2.28. The van der Waals surface area contributed by atoms with Gasteiger partial charge in [-0.3, -0.25) is 14.7 Å². The number of methoxy groups -OCH3 is 2. The van der Waals surface area contributed by atoms with Crippen LogP contribution in [-0.4, -0.2) is 47.7 Å². The van der Waals surface area contributed by atoms with E-state index in [-0.39, 0.29) is 42.8 Å². The fraction of sp³-hybridized carbons (Fsp3) is 0.292. The zero-order valence-corrected chi connectivity index (χ0v) is 18.5. The Bertz CT molecular complexity index is 1160. The number of hydrogen-bond acceptors (Lipinski definition) is 5. The van der Waals surface area contributed by atoms with E-state index < -0.39 is 0 Å². The van der Waals surface area contributed by atoms with Crippen LogP contribution in [0.5, 0.6) is 11.5 Å². The SMILES string of the molecule is COc1ccc(OC)c(CC(=O)N2CCc3[nH]nc(C(=O)NCc4ccc(F)cc4)c3C2)c1. The van der Waals surface area contributed by atoms with Crippen LogP contribution in [0, 0.1) is 5.82 Å². The van der Waals surface area contributed by atoms with Gasteiger partial charge in [0, 0.05) is 42.9 Å². The van der Waals surface area contributed by atoms with Crippen LogP contribution in [0.2, 0.25) is 0 Å². The highest BCUT2D eigenvalue weighted by atomic mass is 19.1. The molecule has 8 nitrogen and oxygen atoms in total. The molecule has 2 aromatic carbocycles. The van der Waals surface area contributed by atoms with Gasteiger partial charge >= 0.3 is 0 Å². The zero-order valence-electron chi connectivity index (χ0n) is 18.5. The first-order valence-electron chi connectivity index (χ1n) is 10.6. The highest BCUT2D eigenvalue weighted by molar-refractivity contribution is 5.94. The molecule has 1 aliphatic heterocycles. The molecule has 2 amide bonds. The molecule has 0 radical (unpaired) electrons. The normalized spacial score (nSPS) is 12.8. The largest absolute Gasteiger partial charge is 0.497 e. The third-order valence-corrected chi connectivity index (χ3v) is 5.70. The van der Waals surface area contributed by atoms with Crippen molar-refractivity contribution in [2.24, 2.45) is 0 Å². The molecule has 1 aromatic heterocycles. The highest BCUT2D eigenvalue weighted by Crippen LogP contribution is 2.26. The summed E-state index contributed by atoms with van der Waals surface area (Å²) >= 11 is 0. The number of carbonyl (C=O) groups excluding carboxylic acids is 2. The van der Waals surface area contributed by atoms with Gasteiger partial charge in [0.1, 0.15) is 17.3 Å². The van der Waals surface area contributed by atoms with Crippen molar-refractivity contribution < 1.29 is 23.5 Å². The number of benzene rings is 2. The smallest absolute Gasteiger partial charge is 0.272 e. The molecule has 172 valence electrons. The lowest BCUT2D eigenvalue weighted by molar-refractivity contribution is -0.131. The number of carbonyl (C=O) groups is 2. The molecule has 0 saturated heterocycles. The topological polar surface area (TPSA) is 96.6 Å². The summed E-state index contributed by atoms with van der Waals surface area (Å²) in [4.78, 5) is 27.5. The van der Waals surface area contributed by atoms with E-state index in [4.69, 9.17) is 9.47 Å². The van der Waals surface area contributed by atoms with Gasteiger partial charge in [-0.05, 0) is 35.9 Å². The van der Waals surface area contributed by atoms with Crippen LogP contribution in [0.25, 0.3) is 0 Å². The van der Waals surface area contributed by atoms with Crippen molar-refractivity contribution in [3.63, 3.8) is 0 Å². The summed E-state index contributed by atoms with van der Waals surface area (Å²) in [6.45, 7) is 1.06. The minimum atomic E-state index is -0.347. The summed E-state index contributed by atoms with van der Waals surface area (Å²) in [6, 6.07) is 11.3. The average Bonchev–Trinajstić information content (AvgIpc) is 3.26. The Balaban J connectivity index is 1.44. The van der Waals surface area contributed by atoms with Gasteiger partial charge in [0.05, 0.1) is 20.6 Å². The number of amides is 2. The monoisotopic (exact) mass is 452 g/mol. The third-order valence-electron chi connectivity index (χ3n) is 5.70. The molecule has 0 bridgehead atoms. The first-order chi connectivity index (χ1) is 16.0. The fourth-order valence-electron chi connectivity index (χ4n) is 3.86. The number of fused-ring (bicyclic) bond motifs is 1. The van der Waals surface area contributed by atoms with Crippen molar-refractivity contribution in [2.75, 3.05) is 20.8 Å². The molecule has 33 heavy (non-hydrogen) atoms. The van der Waals surface area contributed by atoms with Gasteiger partial charge in [0.25, 0.3) is 5.91 Å². The molecule has 2 N–H and O–H groups in total. The number of aromatic amines is 1. The number of halogens is 1. The Morgan fingerprint density at radius 1 is 1.15 bits per heavy atom. The molecular weight excluding hydrogens is 427 g/mol. The number of hydrogen-bond donors (Lipinski definition) is 2. The van der Waals surface area contributed by atoms with Gasteiger partial charge in [-0.2, -0.15) is 5.10 Å². The minimum Gasteiger partial charge on any atom is -0.497 e. The molecule has 0 atom stereocenters. The first-order valence-corrected chi connectivity index (χ1v) is 10.6. The van der Waals surface area contributed by atoms with Crippen molar-refractivity contribution in [3.8, 4) is 11.5 Å². The van der Waals surface area contributed by atoms with Gasteiger partial charge in [-0.25, -0.2) is 4.39 Å². The van der Waals surface area contributed by atoms with Crippen molar-refractivity contribution >= 4 is 11.8 Å². The second-order valence-corrected chi connectivity index (χ2v) is 7.76. The van der Waals surface area contributed by atoms with E-state index in [9.17, 15) is 14.0 Å². The van der Waals surface area contributed by atoms with Crippen LogP contribution in [0.1, 0.15) is 32.9 Å². The molecule has 0 spiro atoms. The maximum absolute atomic E-state index is 13.1. The molecule has 3 aromatic rings. The van der Waals surface area contributed by atoms with Gasteiger partial charge in [-0.15, -0.1) is 0 Å². The van der Waals surface area contributed by atoms with Crippen LogP contribution in [-0.2, 0) is 30.7 Å². The van der Waals surface area contributed by atoms with Crippen LogP contribution in [0.4, 0.5) is 4.39 Å². The summed E-state index contributed by atoms with van der Waals surface area (Å²) < 4.78 is 23.7. The maximum atomic E-state index is 13.1. The van der Waals surface area contributed by atoms with E-state index in [1.165, 1.54) is 12.1 Å². The lowest BCUT2D eigenvalue weighted by Crippen LogP contribution is -2.37. The number of nitrogens with zero attached hydrogens (tertiary/aromatic N) is 2. The predicted molar refractivity (Wildman–Crippen MR) is 119 cm³/mol. The van der Waals surface area contributed by atoms with Gasteiger partial charge in [-0.1, -0.05) is 12.1 Å². The van der Waals surface area contributed by atoms with Crippen molar-refractivity contribution in [3.05, 3.63) is 76.4 Å². The van der Waals surface area contributed by atoms with E-state index in [2.05, 4.69) is 15.5 Å². The molecule has 2 heterocycles. The third kappa shape index (κ3) is 4.97. The van der Waals surface area contributed by atoms with Gasteiger partial charge in [0.15, 0.2) is 5.69 Å². The molecule has 0 aliphatic carbocycles. The van der Waals surface area contributed by atoms with E-state index >= 15 is 0 Å². The molecule has 4 rings (SSSR count). The van der Waals surface area contributed by atoms with E-state index in [0.29, 0.717) is 30.0 Å². The number of nitrogens with one attached hydrogen (secondary N) is 2. The van der Waals surface area contributed by atoms with Crippen LogP contribution in [0.3, 0.4) is 0 Å². The quantitative estimate of drug-likeness (QED) is 0.575. The molecule has 9 heteroatoms. The summed E-state index contributed by atoms with van der Waals surface area (Å²) in [5.41, 5.74) is 3.34. The average molecular weight is 452 g/mol. The van der Waals surface area contributed by atoms with E-state index in [1.54, 1.807) is 49.5 Å². The summed E-state index contributed by atoms with van der Waals surface area (Å²) in [5, 5.41) is 9.91. The second-order valence-electron chi connectivity index (χ2n) is 7.76. The molecular formula is C24H25FN4O4. The van der Waals surface area contributed by atoms with Gasteiger partial charge < -0.3 is 19.7 Å². The molecule has 0 saturated carbocycles. The lowest BCUT2D eigenvalue weighted by atomic mass is 10.0. The van der Waals surface area contributed by atoms with Crippen molar-refractivity contribution in [2.45, 2.75) is 25.9 Å². The summed E-state index contributed by atoms with van der Waals surface area (Å²) in [5.74, 6) is 0.509. The zero-order chi connectivity index (χ0) is 23.4. The maximum Gasteiger partial charge on any atom is 0.272 e. The Morgan fingerprint density at radius 2 is 1.94 bits per heavy atom. The minimum absolute atomic E-state index is 0.0777. The standard InChI is InChI=1S/C24H25FN4O4/c1-32-18-7-8-21(33-2)16(11-18)12-22(30)29-10-9-20-19(14-29)23(28-27-20)24(31)26-13-15-3-5-17(25)6-4-15/h3-8,11H,9-10,12-14H2,1-2H3,(H,26,31)(H,27,28). The Morgan fingerprint density at radius 3 is 2.67 bits per heavy atom. The summed E-state index contributed by atoms with van der Waals surface area (Å²) in [7, 11) is 3.13. The van der Waals surface area contributed by atoms with Crippen LogP contribution >= 0.6 is 0 Å². The van der Waals surface area contributed by atoms with Crippen LogP contribution in [0.15, 0.2) is 42.5 Å². The van der Waals surface area contributed by atoms with Gasteiger partial charge in [0.2, 0.25) is 5.91 Å². The number of ether oxygens (including phenoxy) is 2. The predicted octanol–water partition coefficient (Wildman–Crippen LogP) is 2.62. The summed E-state index contributed by atoms with van der Waals surface area (Å²) in [6.07, 6.45) is 0.730. The van der Waals surface area contributed by atoms with Crippen molar-refractivity contribution in [1.29, 1.82) is 0 Å².